The molecule has 1 aromatic carbocycles. The molecule has 4 nitrogen and oxygen atoms in total. The molecule has 0 amide bonds. The molecule has 1 aromatic heterocycles. The van der Waals surface area contributed by atoms with Gasteiger partial charge in [0, 0.05) is 25.2 Å². The van der Waals surface area contributed by atoms with Crippen LogP contribution >= 0.6 is 23.2 Å². The van der Waals surface area contributed by atoms with Gasteiger partial charge in [0.2, 0.25) is 5.89 Å². The van der Waals surface area contributed by atoms with Crippen molar-refractivity contribution in [1.82, 2.24) is 10.1 Å². The van der Waals surface area contributed by atoms with E-state index in [1.807, 2.05) is 6.07 Å². The molecule has 1 heterocycles. The first-order chi connectivity index (χ1) is 10.1. The molecule has 110 valence electrons. The van der Waals surface area contributed by atoms with Gasteiger partial charge in [-0.2, -0.15) is 4.98 Å². The van der Waals surface area contributed by atoms with Crippen LogP contribution in [-0.4, -0.2) is 15.9 Å². The van der Waals surface area contributed by atoms with Crippen molar-refractivity contribution < 1.29 is 9.32 Å². The zero-order valence-electron chi connectivity index (χ0n) is 11.3. The Balaban J connectivity index is 1.70. The molecule has 6 heteroatoms. The molecule has 21 heavy (non-hydrogen) atoms. The summed E-state index contributed by atoms with van der Waals surface area (Å²) in [5, 5.41) is 5.06. The zero-order chi connectivity index (χ0) is 14.8. The van der Waals surface area contributed by atoms with Crippen molar-refractivity contribution in [3.8, 4) is 0 Å². The number of halogens is 2. The minimum atomic E-state index is 0.206. The number of Topliss-reactive ketones (excluding diaryl/α,β-unsaturated/α-hetero) is 1. The molecule has 0 spiro atoms. The Labute approximate surface area is 132 Å². The van der Waals surface area contributed by atoms with E-state index in [9.17, 15) is 4.79 Å². The molecule has 3 rings (SSSR count). The van der Waals surface area contributed by atoms with E-state index in [1.165, 1.54) is 0 Å². The second-order valence-electron chi connectivity index (χ2n) is 5.29. The van der Waals surface area contributed by atoms with Gasteiger partial charge >= 0.3 is 0 Å². The van der Waals surface area contributed by atoms with E-state index in [4.69, 9.17) is 27.7 Å². The Kier molecular flexibility index (Phi) is 4.27. The van der Waals surface area contributed by atoms with Crippen molar-refractivity contribution in [2.24, 2.45) is 0 Å². The van der Waals surface area contributed by atoms with Crippen molar-refractivity contribution in [1.29, 1.82) is 0 Å². The summed E-state index contributed by atoms with van der Waals surface area (Å²) >= 11 is 11.9. The van der Waals surface area contributed by atoms with Crippen molar-refractivity contribution in [2.75, 3.05) is 0 Å². The van der Waals surface area contributed by atoms with E-state index in [1.54, 1.807) is 12.1 Å². The lowest BCUT2D eigenvalue weighted by Gasteiger charge is -2.16. The Bertz CT molecular complexity index is 659. The monoisotopic (exact) mass is 324 g/mol. The van der Waals surface area contributed by atoms with Gasteiger partial charge < -0.3 is 4.52 Å². The second kappa shape index (κ2) is 6.16. The van der Waals surface area contributed by atoms with Gasteiger partial charge in [0.1, 0.15) is 5.78 Å². The Morgan fingerprint density at radius 2 is 1.95 bits per heavy atom. The largest absolute Gasteiger partial charge is 0.339 e. The quantitative estimate of drug-likeness (QED) is 0.849. The molecule has 0 unspecified atom stereocenters. The summed E-state index contributed by atoms with van der Waals surface area (Å²) in [6, 6.07) is 5.45. The Morgan fingerprint density at radius 3 is 2.67 bits per heavy atom. The van der Waals surface area contributed by atoms with Gasteiger partial charge in [0.15, 0.2) is 5.82 Å². The number of carbonyl (C=O) groups is 1. The molecule has 1 saturated carbocycles. The summed E-state index contributed by atoms with van der Waals surface area (Å²) in [5.41, 5.74) is 0.982. The minimum Gasteiger partial charge on any atom is -0.339 e. The average molecular weight is 325 g/mol. The smallest absolute Gasteiger partial charge is 0.229 e. The lowest BCUT2D eigenvalue weighted by atomic mass is 9.88. The predicted molar refractivity (Wildman–Crippen MR) is 79.8 cm³/mol. The molecule has 0 atom stereocenters. The number of nitrogens with zero attached hydrogens (tertiary/aromatic N) is 2. The maximum absolute atomic E-state index is 11.3. The molecular weight excluding hydrogens is 311 g/mol. The fourth-order valence-corrected chi connectivity index (χ4v) is 2.84. The van der Waals surface area contributed by atoms with E-state index in [-0.39, 0.29) is 5.92 Å². The number of hydrogen-bond acceptors (Lipinski definition) is 4. The van der Waals surface area contributed by atoms with Gasteiger partial charge in [-0.15, -0.1) is 0 Å². The first-order valence-electron chi connectivity index (χ1n) is 6.90. The maximum atomic E-state index is 11.3. The SMILES string of the molecule is O=C1CCC(c2nc(Cc3ccc(Cl)c(Cl)c3)no2)CC1. The fraction of sp³-hybridized carbons (Fsp3) is 0.400. The highest BCUT2D eigenvalue weighted by molar-refractivity contribution is 6.42. The summed E-state index contributed by atoms with van der Waals surface area (Å²) in [6.07, 6.45) is 3.36. The fourth-order valence-electron chi connectivity index (χ4n) is 2.52. The molecule has 0 saturated heterocycles. The zero-order valence-corrected chi connectivity index (χ0v) is 12.8. The van der Waals surface area contributed by atoms with Crippen LogP contribution < -0.4 is 0 Å². The summed E-state index contributed by atoms with van der Waals surface area (Å²) < 4.78 is 5.33. The standard InChI is InChI=1S/C15H14Cl2N2O2/c16-12-6-1-9(7-13(12)17)8-14-18-15(21-19-14)10-2-4-11(20)5-3-10/h1,6-7,10H,2-5,8H2. The van der Waals surface area contributed by atoms with Crippen LogP contribution in [0.5, 0.6) is 0 Å². The third kappa shape index (κ3) is 3.44. The molecule has 1 aliphatic rings. The summed E-state index contributed by atoms with van der Waals surface area (Å²) in [4.78, 5) is 15.7. The average Bonchev–Trinajstić information content (AvgIpc) is 2.92. The first kappa shape index (κ1) is 14.5. The summed E-state index contributed by atoms with van der Waals surface area (Å²) in [5.74, 6) is 1.79. The maximum Gasteiger partial charge on any atom is 0.229 e. The van der Waals surface area contributed by atoms with Gasteiger partial charge in [0.05, 0.1) is 10.0 Å². The number of benzene rings is 1. The van der Waals surface area contributed by atoms with Gasteiger partial charge in [-0.1, -0.05) is 34.4 Å². The van der Waals surface area contributed by atoms with Gasteiger partial charge in [-0.3, -0.25) is 4.79 Å². The second-order valence-corrected chi connectivity index (χ2v) is 6.10. The molecule has 0 N–H and O–H groups in total. The first-order valence-corrected chi connectivity index (χ1v) is 7.65. The van der Waals surface area contributed by atoms with E-state index in [0.717, 1.165) is 18.4 Å². The highest BCUT2D eigenvalue weighted by Gasteiger charge is 2.25. The molecule has 0 radical (unpaired) electrons. The van der Waals surface area contributed by atoms with Crippen molar-refractivity contribution in [2.45, 2.75) is 38.0 Å². The lowest BCUT2D eigenvalue weighted by molar-refractivity contribution is -0.120. The van der Waals surface area contributed by atoms with Crippen LogP contribution in [0.25, 0.3) is 0 Å². The number of ketones is 1. The molecule has 0 bridgehead atoms. The number of aromatic nitrogens is 2. The van der Waals surface area contributed by atoms with E-state index < -0.39 is 0 Å². The van der Waals surface area contributed by atoms with Crippen LogP contribution in [0.4, 0.5) is 0 Å². The highest BCUT2D eigenvalue weighted by atomic mass is 35.5. The van der Waals surface area contributed by atoms with E-state index in [2.05, 4.69) is 10.1 Å². The molecule has 1 aliphatic carbocycles. The van der Waals surface area contributed by atoms with Gasteiger partial charge in [0.25, 0.3) is 0 Å². The summed E-state index contributed by atoms with van der Waals surface area (Å²) in [7, 11) is 0. The van der Waals surface area contributed by atoms with Crippen molar-refractivity contribution in [3.05, 3.63) is 45.5 Å². The predicted octanol–water partition coefficient (Wildman–Crippen LogP) is 4.19. The van der Waals surface area contributed by atoms with Crippen molar-refractivity contribution in [3.63, 3.8) is 0 Å². The molecule has 0 aliphatic heterocycles. The van der Waals surface area contributed by atoms with Crippen LogP contribution in [0.1, 0.15) is 48.9 Å². The number of rotatable bonds is 3. The van der Waals surface area contributed by atoms with Crippen LogP contribution in [0.2, 0.25) is 10.0 Å². The Morgan fingerprint density at radius 1 is 1.19 bits per heavy atom. The van der Waals surface area contributed by atoms with E-state index in [0.29, 0.717) is 46.8 Å². The number of hydrogen-bond donors (Lipinski definition) is 0. The minimum absolute atomic E-state index is 0.206. The van der Waals surface area contributed by atoms with Crippen molar-refractivity contribution >= 4 is 29.0 Å². The number of carbonyl (C=O) groups excluding carboxylic acids is 1. The Hall–Kier alpha value is -1.39. The lowest BCUT2D eigenvalue weighted by Crippen LogP contribution is -2.12. The van der Waals surface area contributed by atoms with E-state index >= 15 is 0 Å². The molecule has 1 fully saturated rings. The van der Waals surface area contributed by atoms with Gasteiger partial charge in [-0.25, -0.2) is 0 Å². The summed E-state index contributed by atoms with van der Waals surface area (Å²) in [6.45, 7) is 0. The van der Waals surface area contributed by atoms with Crippen LogP contribution in [0, 0.1) is 0 Å². The normalized spacial score (nSPS) is 16.4. The van der Waals surface area contributed by atoms with Crippen LogP contribution in [0.15, 0.2) is 22.7 Å². The molecule has 2 aromatic rings. The van der Waals surface area contributed by atoms with Gasteiger partial charge in [-0.05, 0) is 30.5 Å². The van der Waals surface area contributed by atoms with Crippen LogP contribution in [0.3, 0.4) is 0 Å². The third-order valence-electron chi connectivity index (χ3n) is 3.72. The van der Waals surface area contributed by atoms with Crippen LogP contribution in [-0.2, 0) is 11.2 Å². The topological polar surface area (TPSA) is 56.0 Å². The third-order valence-corrected chi connectivity index (χ3v) is 4.46. The molecular formula is C15H14Cl2N2O2. The highest BCUT2D eigenvalue weighted by Crippen LogP contribution is 2.30.